The van der Waals surface area contributed by atoms with Crippen molar-refractivity contribution in [2.75, 3.05) is 24.5 Å². The lowest BCUT2D eigenvalue weighted by Gasteiger charge is -2.30. The zero-order valence-corrected chi connectivity index (χ0v) is 21.4. The number of hydrogen-bond acceptors (Lipinski definition) is 4. The standard InChI is InChI=1S/C31H33N3O3/c1-3-33-18-6-7-26(33)20-32-30(35)25-16-14-23(15-17-25)19-29-31(36)34(21-24-12-10-22(2)11-13-24)27-8-4-5-9-28(27)37-29/h4-5,8-17,19,26H,3,6-7,18,20-21H2,1-2H3,(H,32,35)/b29-19+/t26-/m0/s1. The number of nitrogens with zero attached hydrogens (tertiary/aromatic N) is 2. The van der Waals surface area contributed by atoms with Gasteiger partial charge in [-0.3, -0.25) is 19.4 Å². The van der Waals surface area contributed by atoms with E-state index in [9.17, 15) is 9.59 Å². The molecule has 0 unspecified atom stereocenters. The van der Waals surface area contributed by atoms with Crippen molar-refractivity contribution < 1.29 is 14.3 Å². The summed E-state index contributed by atoms with van der Waals surface area (Å²) in [6.45, 7) is 7.44. The lowest BCUT2D eigenvalue weighted by atomic mass is 10.1. The van der Waals surface area contributed by atoms with Gasteiger partial charge in [-0.25, -0.2) is 0 Å². The zero-order valence-electron chi connectivity index (χ0n) is 21.4. The maximum atomic E-state index is 13.5. The number of benzene rings is 3. The highest BCUT2D eigenvalue weighted by molar-refractivity contribution is 6.09. The fourth-order valence-corrected chi connectivity index (χ4v) is 5.03. The molecule has 190 valence electrons. The number of carbonyl (C=O) groups is 2. The third kappa shape index (κ3) is 5.59. The molecule has 2 aliphatic rings. The quantitative estimate of drug-likeness (QED) is 0.459. The molecule has 1 saturated heterocycles. The largest absolute Gasteiger partial charge is 0.449 e. The van der Waals surface area contributed by atoms with Gasteiger partial charge in [-0.2, -0.15) is 0 Å². The molecule has 0 aliphatic carbocycles. The Balaban J connectivity index is 1.31. The average molecular weight is 496 g/mol. The SMILES string of the molecule is CCN1CCC[C@H]1CNC(=O)c1ccc(/C=C2/Oc3ccccc3N(Cc3ccc(C)cc3)C2=O)cc1. The van der Waals surface area contributed by atoms with Crippen LogP contribution < -0.4 is 15.0 Å². The summed E-state index contributed by atoms with van der Waals surface area (Å²) in [6, 6.07) is 23.4. The first-order chi connectivity index (χ1) is 18.0. The molecule has 2 heterocycles. The van der Waals surface area contributed by atoms with E-state index in [2.05, 4.69) is 17.1 Å². The number of amides is 2. The Morgan fingerprint density at radius 2 is 1.81 bits per heavy atom. The number of aryl methyl sites for hydroxylation is 1. The van der Waals surface area contributed by atoms with Crippen LogP contribution in [0, 0.1) is 6.92 Å². The summed E-state index contributed by atoms with van der Waals surface area (Å²) in [5, 5.41) is 3.07. The highest BCUT2D eigenvalue weighted by atomic mass is 16.5. The lowest BCUT2D eigenvalue weighted by Crippen LogP contribution is -2.40. The van der Waals surface area contributed by atoms with E-state index < -0.39 is 0 Å². The molecule has 37 heavy (non-hydrogen) atoms. The molecule has 0 bridgehead atoms. The summed E-state index contributed by atoms with van der Waals surface area (Å²) in [7, 11) is 0. The topological polar surface area (TPSA) is 61.9 Å². The van der Waals surface area contributed by atoms with Gasteiger partial charge in [0.05, 0.1) is 12.2 Å². The molecule has 2 aliphatic heterocycles. The number of carbonyl (C=O) groups excluding carboxylic acids is 2. The molecule has 0 spiro atoms. The molecule has 0 radical (unpaired) electrons. The summed E-state index contributed by atoms with van der Waals surface area (Å²) in [6.07, 6.45) is 4.05. The van der Waals surface area contributed by atoms with Gasteiger partial charge < -0.3 is 10.1 Å². The summed E-state index contributed by atoms with van der Waals surface area (Å²) in [5.74, 6) is 0.622. The number of anilines is 1. The van der Waals surface area contributed by atoms with E-state index in [0.29, 0.717) is 30.4 Å². The van der Waals surface area contributed by atoms with Crippen LogP contribution in [0.3, 0.4) is 0 Å². The number of nitrogens with one attached hydrogen (secondary N) is 1. The van der Waals surface area contributed by atoms with E-state index in [0.717, 1.165) is 36.3 Å². The number of para-hydroxylation sites is 2. The van der Waals surface area contributed by atoms with E-state index in [4.69, 9.17) is 4.74 Å². The molecule has 3 aromatic carbocycles. The van der Waals surface area contributed by atoms with Gasteiger partial charge in [0.1, 0.15) is 0 Å². The Labute approximate surface area is 218 Å². The predicted octanol–water partition coefficient (Wildman–Crippen LogP) is 5.18. The Kier molecular flexibility index (Phi) is 7.37. The van der Waals surface area contributed by atoms with Gasteiger partial charge in [-0.15, -0.1) is 0 Å². The number of likely N-dealkylation sites (N-methyl/N-ethyl adjacent to an activating group) is 1. The second-order valence-electron chi connectivity index (χ2n) is 9.71. The molecule has 1 N–H and O–H groups in total. The first-order valence-electron chi connectivity index (χ1n) is 13.0. The molecule has 0 saturated carbocycles. The summed E-state index contributed by atoms with van der Waals surface area (Å²) < 4.78 is 6.02. The van der Waals surface area contributed by atoms with Crippen LogP contribution in [-0.2, 0) is 11.3 Å². The van der Waals surface area contributed by atoms with Crippen molar-refractivity contribution in [2.24, 2.45) is 0 Å². The molecule has 3 aromatic rings. The molecule has 0 aromatic heterocycles. The molecular formula is C31H33N3O3. The van der Waals surface area contributed by atoms with Crippen LogP contribution in [-0.4, -0.2) is 42.4 Å². The van der Waals surface area contributed by atoms with Crippen LogP contribution in [0.1, 0.15) is 46.8 Å². The van der Waals surface area contributed by atoms with Crippen LogP contribution in [0.15, 0.2) is 78.6 Å². The number of ether oxygens (including phenoxy) is 1. The van der Waals surface area contributed by atoms with Crippen LogP contribution in [0.4, 0.5) is 5.69 Å². The summed E-state index contributed by atoms with van der Waals surface area (Å²) >= 11 is 0. The van der Waals surface area contributed by atoms with Crippen LogP contribution in [0.5, 0.6) is 5.75 Å². The Hall–Kier alpha value is -3.90. The second kappa shape index (κ2) is 11.0. The Morgan fingerprint density at radius 1 is 1.05 bits per heavy atom. The third-order valence-electron chi connectivity index (χ3n) is 7.17. The first kappa shape index (κ1) is 24.8. The van der Waals surface area contributed by atoms with E-state index in [1.165, 1.54) is 12.0 Å². The lowest BCUT2D eigenvalue weighted by molar-refractivity contribution is -0.117. The molecule has 1 fully saturated rings. The Morgan fingerprint density at radius 3 is 2.57 bits per heavy atom. The van der Waals surface area contributed by atoms with Gasteiger partial charge >= 0.3 is 0 Å². The van der Waals surface area contributed by atoms with Gasteiger partial charge in [0, 0.05) is 18.2 Å². The first-order valence-corrected chi connectivity index (χ1v) is 13.0. The average Bonchev–Trinajstić information content (AvgIpc) is 3.39. The molecule has 6 heteroatoms. The van der Waals surface area contributed by atoms with Gasteiger partial charge in [0.15, 0.2) is 11.5 Å². The second-order valence-corrected chi connectivity index (χ2v) is 9.71. The smallest absolute Gasteiger partial charge is 0.294 e. The number of hydrogen-bond donors (Lipinski definition) is 1. The summed E-state index contributed by atoms with van der Waals surface area (Å²) in [4.78, 5) is 30.3. The highest BCUT2D eigenvalue weighted by Crippen LogP contribution is 2.36. The predicted molar refractivity (Wildman–Crippen MR) is 146 cm³/mol. The minimum absolute atomic E-state index is 0.0784. The van der Waals surface area contributed by atoms with E-state index in [1.807, 2.05) is 67.6 Å². The number of fused-ring (bicyclic) bond motifs is 1. The van der Waals surface area contributed by atoms with Crippen molar-refractivity contribution in [2.45, 2.75) is 39.3 Å². The van der Waals surface area contributed by atoms with Crippen molar-refractivity contribution in [3.05, 3.63) is 101 Å². The minimum atomic E-state index is -0.196. The number of likely N-dealkylation sites (tertiary alicyclic amines) is 1. The van der Waals surface area contributed by atoms with Crippen LogP contribution in [0.2, 0.25) is 0 Å². The normalized spacial score (nSPS) is 18.5. The molecular weight excluding hydrogens is 462 g/mol. The fraction of sp³-hybridized carbons (Fsp3) is 0.290. The minimum Gasteiger partial charge on any atom is -0.449 e. The van der Waals surface area contributed by atoms with Crippen molar-refractivity contribution in [3.63, 3.8) is 0 Å². The molecule has 1 atom stereocenters. The van der Waals surface area contributed by atoms with E-state index >= 15 is 0 Å². The zero-order chi connectivity index (χ0) is 25.8. The van der Waals surface area contributed by atoms with Gasteiger partial charge in [0.2, 0.25) is 0 Å². The van der Waals surface area contributed by atoms with Gasteiger partial charge in [-0.1, -0.05) is 61.0 Å². The maximum Gasteiger partial charge on any atom is 0.294 e. The fourth-order valence-electron chi connectivity index (χ4n) is 5.03. The third-order valence-corrected chi connectivity index (χ3v) is 7.17. The monoisotopic (exact) mass is 495 g/mol. The van der Waals surface area contributed by atoms with Crippen molar-refractivity contribution in [1.82, 2.24) is 10.2 Å². The van der Waals surface area contributed by atoms with Gasteiger partial charge in [-0.05, 0) is 74.3 Å². The van der Waals surface area contributed by atoms with E-state index in [-0.39, 0.29) is 17.6 Å². The summed E-state index contributed by atoms with van der Waals surface area (Å²) in [5.41, 5.74) is 4.37. The van der Waals surface area contributed by atoms with Gasteiger partial charge in [0.25, 0.3) is 11.8 Å². The van der Waals surface area contributed by atoms with E-state index in [1.54, 1.807) is 23.1 Å². The highest BCUT2D eigenvalue weighted by Gasteiger charge is 2.30. The molecule has 6 nitrogen and oxygen atoms in total. The maximum absolute atomic E-state index is 13.5. The number of rotatable bonds is 7. The van der Waals surface area contributed by atoms with Crippen LogP contribution >= 0.6 is 0 Å². The Bertz CT molecular complexity index is 1300. The molecule has 5 rings (SSSR count). The molecule has 2 amide bonds. The van der Waals surface area contributed by atoms with Crippen LogP contribution in [0.25, 0.3) is 6.08 Å². The van der Waals surface area contributed by atoms with Crippen molar-refractivity contribution in [1.29, 1.82) is 0 Å². The van der Waals surface area contributed by atoms with Crippen molar-refractivity contribution >= 4 is 23.6 Å². The van der Waals surface area contributed by atoms with Crippen molar-refractivity contribution in [3.8, 4) is 5.75 Å².